The molecule has 1 nitrogen and oxygen atoms in total. The first-order chi connectivity index (χ1) is 6.22. The quantitative estimate of drug-likeness (QED) is 0.785. The minimum absolute atomic E-state index is 0.175. The van der Waals surface area contributed by atoms with Crippen molar-refractivity contribution in [3.8, 4) is 0 Å². The van der Waals surface area contributed by atoms with Crippen molar-refractivity contribution in [1.82, 2.24) is 0 Å². The van der Waals surface area contributed by atoms with Crippen molar-refractivity contribution in [2.75, 3.05) is 0 Å². The van der Waals surface area contributed by atoms with Gasteiger partial charge in [0.1, 0.15) is 0 Å². The summed E-state index contributed by atoms with van der Waals surface area (Å²) in [5.74, 6) is 0. The Morgan fingerprint density at radius 3 is 2.69 bits per heavy atom. The van der Waals surface area contributed by atoms with Crippen LogP contribution in [0, 0.1) is 0 Å². The van der Waals surface area contributed by atoms with Crippen LogP contribution in [-0.4, -0.2) is 5.54 Å². The first-order valence-electron chi connectivity index (χ1n) is 5.08. The average molecular weight is 195 g/mol. The Morgan fingerprint density at radius 1 is 1.38 bits per heavy atom. The minimum Gasteiger partial charge on any atom is -0.325 e. The standard InChI is InChI=1S/C11H17NS/c1-2-3-9-4-5-10(13-9)8-11(12)6-7-11/h4-5H,2-3,6-8,12H2,1H3. The lowest BCUT2D eigenvalue weighted by molar-refractivity contribution is 0.679. The molecule has 13 heavy (non-hydrogen) atoms. The Balaban J connectivity index is 1.97. The highest BCUT2D eigenvalue weighted by molar-refractivity contribution is 7.12. The third-order valence-corrected chi connectivity index (χ3v) is 3.78. The molecule has 0 atom stereocenters. The SMILES string of the molecule is CCCc1ccc(CC2(N)CC2)s1. The lowest BCUT2D eigenvalue weighted by Gasteiger charge is -2.04. The highest BCUT2D eigenvalue weighted by Crippen LogP contribution is 2.37. The zero-order valence-corrected chi connectivity index (χ0v) is 8.99. The molecule has 1 heterocycles. The molecule has 72 valence electrons. The molecule has 0 aromatic carbocycles. The Bertz CT molecular complexity index is 286. The summed E-state index contributed by atoms with van der Waals surface area (Å²) in [5.41, 5.74) is 6.24. The van der Waals surface area contributed by atoms with E-state index >= 15 is 0 Å². The highest BCUT2D eigenvalue weighted by Gasteiger charge is 2.38. The molecule has 1 fully saturated rings. The fraction of sp³-hybridized carbons (Fsp3) is 0.636. The molecule has 0 amide bonds. The van der Waals surface area contributed by atoms with E-state index in [1.165, 1.54) is 35.4 Å². The van der Waals surface area contributed by atoms with Gasteiger partial charge >= 0.3 is 0 Å². The van der Waals surface area contributed by atoms with Crippen molar-refractivity contribution >= 4 is 11.3 Å². The second kappa shape index (κ2) is 3.43. The van der Waals surface area contributed by atoms with Gasteiger partial charge in [-0.25, -0.2) is 0 Å². The molecule has 1 aliphatic rings. The van der Waals surface area contributed by atoms with E-state index in [9.17, 15) is 0 Å². The van der Waals surface area contributed by atoms with E-state index in [-0.39, 0.29) is 5.54 Å². The van der Waals surface area contributed by atoms with Crippen LogP contribution in [0.3, 0.4) is 0 Å². The Hall–Kier alpha value is -0.340. The van der Waals surface area contributed by atoms with E-state index < -0.39 is 0 Å². The molecule has 1 saturated carbocycles. The van der Waals surface area contributed by atoms with Gasteiger partial charge in [0, 0.05) is 15.3 Å². The summed E-state index contributed by atoms with van der Waals surface area (Å²) in [6.07, 6.45) is 6.00. The second-order valence-electron chi connectivity index (χ2n) is 4.16. The van der Waals surface area contributed by atoms with Gasteiger partial charge < -0.3 is 5.73 Å². The monoisotopic (exact) mass is 195 g/mol. The van der Waals surface area contributed by atoms with Gasteiger partial charge in [-0.3, -0.25) is 0 Å². The van der Waals surface area contributed by atoms with Gasteiger partial charge in [-0.05, 0) is 37.8 Å². The molecular weight excluding hydrogens is 178 g/mol. The van der Waals surface area contributed by atoms with Crippen LogP contribution in [0.1, 0.15) is 35.9 Å². The molecule has 1 aliphatic carbocycles. The third-order valence-electron chi connectivity index (χ3n) is 2.63. The summed E-state index contributed by atoms with van der Waals surface area (Å²) in [5, 5.41) is 0. The van der Waals surface area contributed by atoms with Crippen molar-refractivity contribution in [3.05, 3.63) is 21.9 Å². The summed E-state index contributed by atoms with van der Waals surface area (Å²) in [4.78, 5) is 2.99. The van der Waals surface area contributed by atoms with Gasteiger partial charge in [-0.15, -0.1) is 11.3 Å². The summed E-state index contributed by atoms with van der Waals surface area (Å²) < 4.78 is 0. The predicted octanol–water partition coefficient (Wildman–Crippen LogP) is 2.73. The third kappa shape index (κ3) is 2.32. The molecule has 0 spiro atoms. The number of nitrogens with two attached hydrogens (primary N) is 1. The lowest BCUT2D eigenvalue weighted by atomic mass is 10.2. The minimum atomic E-state index is 0.175. The molecule has 2 N–H and O–H groups in total. The van der Waals surface area contributed by atoms with Crippen molar-refractivity contribution in [2.45, 2.75) is 44.6 Å². The van der Waals surface area contributed by atoms with Crippen LogP contribution in [0.25, 0.3) is 0 Å². The predicted molar refractivity (Wildman–Crippen MR) is 58.2 cm³/mol. The van der Waals surface area contributed by atoms with E-state index in [1.807, 2.05) is 11.3 Å². The zero-order chi connectivity index (χ0) is 9.31. The number of hydrogen-bond acceptors (Lipinski definition) is 2. The van der Waals surface area contributed by atoms with Gasteiger partial charge in [-0.2, -0.15) is 0 Å². The van der Waals surface area contributed by atoms with Crippen molar-refractivity contribution in [2.24, 2.45) is 5.73 Å². The van der Waals surface area contributed by atoms with Gasteiger partial charge in [0.05, 0.1) is 0 Å². The zero-order valence-electron chi connectivity index (χ0n) is 8.18. The topological polar surface area (TPSA) is 26.0 Å². The van der Waals surface area contributed by atoms with Crippen LogP contribution in [0.4, 0.5) is 0 Å². The number of hydrogen-bond donors (Lipinski definition) is 1. The van der Waals surface area contributed by atoms with Crippen LogP contribution in [-0.2, 0) is 12.8 Å². The van der Waals surface area contributed by atoms with Crippen molar-refractivity contribution in [3.63, 3.8) is 0 Å². The fourth-order valence-corrected chi connectivity index (χ4v) is 2.86. The van der Waals surface area contributed by atoms with E-state index in [2.05, 4.69) is 19.1 Å². The molecular formula is C11H17NS. The first-order valence-corrected chi connectivity index (χ1v) is 5.90. The van der Waals surface area contributed by atoms with Crippen LogP contribution in [0.5, 0.6) is 0 Å². The maximum absolute atomic E-state index is 6.07. The molecule has 0 saturated heterocycles. The van der Waals surface area contributed by atoms with Crippen LogP contribution >= 0.6 is 11.3 Å². The molecule has 2 heteroatoms. The summed E-state index contributed by atoms with van der Waals surface area (Å²) in [7, 11) is 0. The normalized spacial score (nSPS) is 18.9. The highest BCUT2D eigenvalue weighted by atomic mass is 32.1. The molecule has 0 unspecified atom stereocenters. The van der Waals surface area contributed by atoms with Crippen LogP contribution in [0.15, 0.2) is 12.1 Å². The van der Waals surface area contributed by atoms with Crippen LogP contribution in [0.2, 0.25) is 0 Å². The molecule has 1 aromatic rings. The van der Waals surface area contributed by atoms with Crippen molar-refractivity contribution in [1.29, 1.82) is 0 Å². The van der Waals surface area contributed by atoms with Crippen molar-refractivity contribution < 1.29 is 0 Å². The molecule has 2 rings (SSSR count). The van der Waals surface area contributed by atoms with Gasteiger partial charge in [0.15, 0.2) is 0 Å². The summed E-state index contributed by atoms with van der Waals surface area (Å²) in [6.45, 7) is 2.23. The lowest BCUT2D eigenvalue weighted by Crippen LogP contribution is -2.23. The van der Waals surface area contributed by atoms with Gasteiger partial charge in [0.25, 0.3) is 0 Å². The second-order valence-corrected chi connectivity index (χ2v) is 5.41. The number of aryl methyl sites for hydroxylation is 1. The van der Waals surface area contributed by atoms with E-state index in [1.54, 1.807) is 0 Å². The summed E-state index contributed by atoms with van der Waals surface area (Å²) in [6, 6.07) is 4.51. The Morgan fingerprint density at radius 2 is 2.08 bits per heavy atom. The van der Waals surface area contributed by atoms with E-state index in [4.69, 9.17) is 5.73 Å². The maximum atomic E-state index is 6.07. The smallest absolute Gasteiger partial charge is 0.0204 e. The Labute approximate surface area is 84.0 Å². The Kier molecular flexibility index (Phi) is 2.43. The molecule has 0 bridgehead atoms. The number of thiophene rings is 1. The maximum Gasteiger partial charge on any atom is 0.0204 e. The fourth-order valence-electron chi connectivity index (χ4n) is 1.58. The van der Waals surface area contributed by atoms with E-state index in [0.717, 1.165) is 6.42 Å². The summed E-state index contributed by atoms with van der Waals surface area (Å²) >= 11 is 1.94. The van der Waals surface area contributed by atoms with Crippen LogP contribution < -0.4 is 5.73 Å². The van der Waals surface area contributed by atoms with Gasteiger partial charge in [0.2, 0.25) is 0 Å². The van der Waals surface area contributed by atoms with E-state index in [0.29, 0.717) is 0 Å². The average Bonchev–Trinajstić information content (AvgIpc) is 2.61. The number of rotatable bonds is 4. The molecule has 0 aliphatic heterocycles. The first kappa shape index (κ1) is 9.22. The van der Waals surface area contributed by atoms with Gasteiger partial charge in [-0.1, -0.05) is 13.3 Å². The largest absolute Gasteiger partial charge is 0.325 e. The molecule has 0 radical (unpaired) electrons. The molecule has 1 aromatic heterocycles.